The minimum absolute atomic E-state index is 0.0532. The summed E-state index contributed by atoms with van der Waals surface area (Å²) in [4.78, 5) is 43.7. The van der Waals surface area contributed by atoms with Gasteiger partial charge in [0.15, 0.2) is 0 Å². The average Bonchev–Trinajstić information content (AvgIpc) is 3.35. The second-order valence-electron chi connectivity index (χ2n) is 8.81. The van der Waals surface area contributed by atoms with Gasteiger partial charge >= 0.3 is 0 Å². The van der Waals surface area contributed by atoms with E-state index >= 15 is 0 Å². The van der Waals surface area contributed by atoms with Crippen LogP contribution in [-0.4, -0.2) is 60.8 Å². The number of hydrogen-bond acceptors (Lipinski definition) is 5. The van der Waals surface area contributed by atoms with Gasteiger partial charge in [-0.15, -0.1) is 0 Å². The van der Waals surface area contributed by atoms with Crippen LogP contribution in [0, 0.1) is 0 Å². The van der Waals surface area contributed by atoms with Crippen LogP contribution in [0.1, 0.15) is 32.3 Å². The van der Waals surface area contributed by atoms with E-state index in [4.69, 9.17) is 0 Å². The molecule has 1 aromatic rings. The maximum atomic E-state index is 13.9. The van der Waals surface area contributed by atoms with Crippen LogP contribution < -0.4 is 4.31 Å². The van der Waals surface area contributed by atoms with E-state index in [0.29, 0.717) is 29.9 Å². The van der Waals surface area contributed by atoms with Crippen molar-refractivity contribution < 1.29 is 22.8 Å². The third kappa shape index (κ3) is 2.46. The molecule has 4 aliphatic rings. The van der Waals surface area contributed by atoms with Gasteiger partial charge in [-0.1, -0.05) is 35.9 Å². The third-order valence-electron chi connectivity index (χ3n) is 6.63. The number of hydrogen-bond donors (Lipinski definition) is 0. The summed E-state index contributed by atoms with van der Waals surface area (Å²) in [6, 6.07) is 5.19. The molecule has 0 aromatic heterocycles. The highest BCUT2D eigenvalue weighted by Crippen LogP contribution is 2.55. The molecule has 0 bridgehead atoms. The molecule has 8 nitrogen and oxygen atoms in total. The summed E-state index contributed by atoms with van der Waals surface area (Å²) in [5, 5.41) is 0. The molecule has 2 saturated heterocycles. The first-order chi connectivity index (χ1) is 14.6. The van der Waals surface area contributed by atoms with Crippen molar-refractivity contribution in [2.75, 3.05) is 17.1 Å². The summed E-state index contributed by atoms with van der Waals surface area (Å²) in [5.74, 6) is -1.11. The van der Waals surface area contributed by atoms with Gasteiger partial charge in [0.05, 0.1) is 18.0 Å². The lowest BCUT2D eigenvalue weighted by Gasteiger charge is -2.39. The summed E-state index contributed by atoms with van der Waals surface area (Å²) >= 11 is 0. The van der Waals surface area contributed by atoms with Crippen LogP contribution in [0.25, 0.3) is 0 Å². The number of carbonyl (C=O) groups excluding carboxylic acids is 3. The molecule has 3 atom stereocenters. The Balaban J connectivity index is 1.78. The van der Waals surface area contributed by atoms with Crippen molar-refractivity contribution in [3.63, 3.8) is 0 Å². The number of nitrogens with zero attached hydrogens (tertiary/aromatic N) is 3. The van der Waals surface area contributed by atoms with E-state index in [9.17, 15) is 22.8 Å². The third-order valence-corrected chi connectivity index (χ3v) is 7.66. The standard InChI is InChI=1S/C22H23N3O5S/c1-13(2)11-18-22(12-17-19(26)23-10-6-9-16(23)20(27)24(17)18)14-7-4-5-8-15(14)25(21(22)28)31(3,29)30/h4-5,7-9,11,17-18H,6,10,12H2,1-3H3/t17-,18-,22-/m0/s1. The zero-order chi connectivity index (χ0) is 22.3. The number of allylic oxidation sites excluding steroid dienone is 1. The molecular formula is C22H23N3O5S. The first-order valence-electron chi connectivity index (χ1n) is 10.2. The number of fused-ring (bicyclic) bond motifs is 4. The number of para-hydroxylation sites is 1. The molecule has 4 aliphatic heterocycles. The molecule has 0 N–H and O–H groups in total. The van der Waals surface area contributed by atoms with Gasteiger partial charge in [0, 0.05) is 6.54 Å². The van der Waals surface area contributed by atoms with Gasteiger partial charge < -0.3 is 9.80 Å². The lowest BCUT2D eigenvalue weighted by atomic mass is 9.73. The SMILES string of the molecule is CC(C)=C[C@@H]1N2C(=O)C3=CCCN3C(=O)[C@@H]2C[C@@]12C(=O)N(S(C)(=O)=O)c1ccccc12. The monoisotopic (exact) mass is 441 g/mol. The van der Waals surface area contributed by atoms with E-state index in [-0.39, 0.29) is 18.2 Å². The van der Waals surface area contributed by atoms with Crippen molar-refractivity contribution in [2.24, 2.45) is 0 Å². The van der Waals surface area contributed by atoms with Crippen molar-refractivity contribution in [3.05, 3.63) is 53.3 Å². The molecule has 9 heteroatoms. The first kappa shape index (κ1) is 20.0. The van der Waals surface area contributed by atoms with E-state index in [0.717, 1.165) is 16.1 Å². The van der Waals surface area contributed by atoms with Crippen LogP contribution in [0.2, 0.25) is 0 Å². The molecule has 0 aliphatic carbocycles. The summed E-state index contributed by atoms with van der Waals surface area (Å²) < 4.78 is 26.0. The average molecular weight is 442 g/mol. The zero-order valence-electron chi connectivity index (χ0n) is 17.5. The molecule has 0 unspecified atom stereocenters. The largest absolute Gasteiger partial charge is 0.317 e. The Morgan fingerprint density at radius 3 is 2.55 bits per heavy atom. The number of anilines is 1. The summed E-state index contributed by atoms with van der Waals surface area (Å²) in [6.07, 6.45) is 5.24. The van der Waals surface area contributed by atoms with Crippen LogP contribution in [-0.2, 0) is 29.8 Å². The van der Waals surface area contributed by atoms with Crippen LogP contribution >= 0.6 is 0 Å². The van der Waals surface area contributed by atoms with E-state index in [1.807, 2.05) is 19.9 Å². The highest BCUT2D eigenvalue weighted by Gasteiger charge is 2.68. The molecule has 3 amide bonds. The second-order valence-corrected chi connectivity index (χ2v) is 10.6. The number of carbonyl (C=O) groups is 3. The quantitative estimate of drug-likeness (QED) is 0.645. The Bertz CT molecular complexity index is 1210. The van der Waals surface area contributed by atoms with Crippen molar-refractivity contribution in [3.8, 4) is 0 Å². The minimum atomic E-state index is -3.90. The van der Waals surface area contributed by atoms with Crippen molar-refractivity contribution in [1.82, 2.24) is 9.80 Å². The van der Waals surface area contributed by atoms with Gasteiger partial charge in [0.25, 0.3) is 11.8 Å². The molecule has 0 saturated carbocycles. The Labute approximate surface area is 180 Å². The number of sulfonamides is 1. The Hall–Kier alpha value is -2.94. The van der Waals surface area contributed by atoms with Gasteiger partial charge in [-0.3, -0.25) is 14.4 Å². The fraction of sp³-hybridized carbons (Fsp3) is 0.409. The Kier molecular flexibility index (Phi) is 4.05. The number of rotatable bonds is 2. The summed E-state index contributed by atoms with van der Waals surface area (Å²) in [7, 11) is -3.90. The Morgan fingerprint density at radius 1 is 1.16 bits per heavy atom. The van der Waals surface area contributed by atoms with Crippen molar-refractivity contribution in [2.45, 2.75) is 44.2 Å². The maximum Gasteiger partial charge on any atom is 0.271 e. The van der Waals surface area contributed by atoms with Crippen LogP contribution in [0.15, 0.2) is 47.7 Å². The molecule has 0 radical (unpaired) electrons. The predicted molar refractivity (Wildman–Crippen MR) is 113 cm³/mol. The zero-order valence-corrected chi connectivity index (χ0v) is 18.3. The predicted octanol–water partition coefficient (Wildman–Crippen LogP) is 1.30. The minimum Gasteiger partial charge on any atom is -0.317 e. The Morgan fingerprint density at radius 2 is 1.87 bits per heavy atom. The summed E-state index contributed by atoms with van der Waals surface area (Å²) in [5.41, 5.74) is 0.715. The van der Waals surface area contributed by atoms with E-state index in [1.165, 1.54) is 9.80 Å². The fourth-order valence-electron chi connectivity index (χ4n) is 5.52. The highest BCUT2D eigenvalue weighted by molar-refractivity contribution is 7.92. The van der Waals surface area contributed by atoms with Crippen LogP contribution in [0.4, 0.5) is 5.69 Å². The first-order valence-corrected chi connectivity index (χ1v) is 12.1. The molecule has 2 fully saturated rings. The lowest BCUT2D eigenvalue weighted by Crippen LogP contribution is -2.57. The lowest BCUT2D eigenvalue weighted by molar-refractivity contribution is -0.149. The molecular weight excluding hydrogens is 418 g/mol. The number of amides is 3. The normalized spacial score (nSPS) is 29.3. The van der Waals surface area contributed by atoms with Crippen LogP contribution in [0.5, 0.6) is 0 Å². The van der Waals surface area contributed by atoms with Crippen LogP contribution in [0.3, 0.4) is 0 Å². The molecule has 1 spiro atoms. The van der Waals surface area contributed by atoms with Gasteiger partial charge in [-0.2, -0.15) is 0 Å². The highest BCUT2D eigenvalue weighted by atomic mass is 32.2. The number of benzene rings is 1. The van der Waals surface area contributed by atoms with Crippen molar-refractivity contribution in [1.29, 1.82) is 0 Å². The molecule has 31 heavy (non-hydrogen) atoms. The van der Waals surface area contributed by atoms with Crippen molar-refractivity contribution >= 4 is 33.4 Å². The topological polar surface area (TPSA) is 95.1 Å². The van der Waals surface area contributed by atoms with Gasteiger partial charge in [-0.25, -0.2) is 12.7 Å². The molecule has 4 heterocycles. The van der Waals surface area contributed by atoms with Gasteiger partial charge in [0.2, 0.25) is 15.9 Å². The molecule has 162 valence electrons. The second kappa shape index (κ2) is 6.29. The molecule has 1 aromatic carbocycles. The maximum absolute atomic E-state index is 13.9. The smallest absolute Gasteiger partial charge is 0.271 e. The molecule has 5 rings (SSSR count). The fourth-order valence-corrected chi connectivity index (χ4v) is 6.50. The number of piperazine rings is 1. The van der Waals surface area contributed by atoms with E-state index < -0.39 is 33.4 Å². The van der Waals surface area contributed by atoms with Gasteiger partial charge in [0.1, 0.15) is 17.2 Å². The summed E-state index contributed by atoms with van der Waals surface area (Å²) in [6.45, 7) is 4.17. The van der Waals surface area contributed by atoms with E-state index in [2.05, 4.69) is 0 Å². The van der Waals surface area contributed by atoms with Gasteiger partial charge in [-0.05, 0) is 38.3 Å². The van der Waals surface area contributed by atoms with E-state index in [1.54, 1.807) is 30.3 Å².